The summed E-state index contributed by atoms with van der Waals surface area (Å²) in [6.45, 7) is 4.41. The Kier molecular flexibility index (Phi) is 5.65. The second-order valence-electron chi connectivity index (χ2n) is 9.41. The predicted octanol–water partition coefficient (Wildman–Crippen LogP) is 3.75. The molecule has 1 aromatic heterocycles. The number of H-pyrrole nitrogens is 1. The molecular weight excluding hydrogens is 388 g/mol. The molecule has 1 saturated heterocycles. The molecule has 1 N–H and O–H groups in total. The number of piperidine rings is 1. The molecule has 2 aliphatic heterocycles. The van der Waals surface area contributed by atoms with Crippen LogP contribution in [0.25, 0.3) is 0 Å². The Morgan fingerprint density at radius 2 is 1.90 bits per heavy atom. The van der Waals surface area contributed by atoms with Crippen LogP contribution >= 0.6 is 0 Å². The molecule has 0 unspecified atom stereocenters. The molecule has 0 radical (unpaired) electrons. The molecule has 0 bridgehead atoms. The van der Waals surface area contributed by atoms with Crippen LogP contribution < -0.4 is 5.56 Å². The molecule has 1 saturated carbocycles. The number of aryl methyl sites for hydroxylation is 1. The van der Waals surface area contributed by atoms with Crippen LogP contribution in [0.2, 0.25) is 0 Å². The number of nitrogens with one attached hydrogen (secondary N) is 1. The molecule has 1 atom stereocenters. The van der Waals surface area contributed by atoms with E-state index >= 15 is 0 Å². The first-order valence-corrected chi connectivity index (χ1v) is 11.8. The molecule has 6 nitrogen and oxygen atoms in total. The van der Waals surface area contributed by atoms with Crippen molar-refractivity contribution in [1.82, 2.24) is 19.8 Å². The van der Waals surface area contributed by atoms with E-state index in [1.807, 2.05) is 36.1 Å². The predicted molar refractivity (Wildman–Crippen MR) is 120 cm³/mol. The van der Waals surface area contributed by atoms with Crippen LogP contribution in [-0.4, -0.2) is 44.8 Å². The summed E-state index contributed by atoms with van der Waals surface area (Å²) >= 11 is 0. The number of benzene rings is 1. The van der Waals surface area contributed by atoms with Gasteiger partial charge in [-0.3, -0.25) is 14.5 Å². The summed E-state index contributed by atoms with van der Waals surface area (Å²) in [5.74, 6) is 0.694. The Hall–Kier alpha value is -2.47. The first-order valence-electron chi connectivity index (χ1n) is 11.8. The normalized spacial score (nSPS) is 22.5. The highest BCUT2D eigenvalue weighted by Crippen LogP contribution is 2.32. The molecule has 1 aliphatic carbocycles. The Bertz CT molecular complexity index is 1020. The number of fused-ring (bicyclic) bond motifs is 1. The van der Waals surface area contributed by atoms with Gasteiger partial charge in [-0.2, -0.15) is 0 Å². The lowest BCUT2D eigenvalue weighted by Crippen LogP contribution is -2.43. The Morgan fingerprint density at radius 1 is 1.10 bits per heavy atom. The highest BCUT2D eigenvalue weighted by Gasteiger charge is 2.33. The topological polar surface area (TPSA) is 69.3 Å². The van der Waals surface area contributed by atoms with Gasteiger partial charge in [0, 0.05) is 36.8 Å². The maximum Gasteiger partial charge on any atom is 0.254 e. The molecule has 1 amide bonds. The second-order valence-corrected chi connectivity index (χ2v) is 9.41. The van der Waals surface area contributed by atoms with E-state index in [9.17, 15) is 9.59 Å². The molecule has 3 aliphatic rings. The van der Waals surface area contributed by atoms with Crippen molar-refractivity contribution in [3.63, 3.8) is 0 Å². The summed E-state index contributed by atoms with van der Waals surface area (Å²) in [4.78, 5) is 38.7. The monoisotopic (exact) mass is 420 g/mol. The van der Waals surface area contributed by atoms with Crippen molar-refractivity contribution in [2.75, 3.05) is 13.1 Å². The fraction of sp³-hybridized carbons (Fsp3) is 0.560. The third kappa shape index (κ3) is 4.05. The summed E-state index contributed by atoms with van der Waals surface area (Å²) in [5.41, 5.74) is 3.53. The molecule has 31 heavy (non-hydrogen) atoms. The molecule has 3 heterocycles. The summed E-state index contributed by atoms with van der Waals surface area (Å²) in [5, 5.41) is 0. The van der Waals surface area contributed by atoms with Gasteiger partial charge in [0.2, 0.25) is 0 Å². The molecule has 5 rings (SSSR count). The van der Waals surface area contributed by atoms with Gasteiger partial charge >= 0.3 is 0 Å². The lowest BCUT2D eigenvalue weighted by atomic mass is 9.98. The zero-order valence-corrected chi connectivity index (χ0v) is 18.4. The number of nitrogens with zero attached hydrogens (tertiary/aromatic N) is 3. The van der Waals surface area contributed by atoms with Crippen LogP contribution in [0.5, 0.6) is 0 Å². The van der Waals surface area contributed by atoms with Crippen LogP contribution in [0.4, 0.5) is 0 Å². The SMILES string of the molecule is Cc1cccc(C(=O)N2CCCC[C@@H]2c2nc3c(c(=O)[nH]2)CCN(C2CCCC2)C3)c1. The van der Waals surface area contributed by atoms with Gasteiger partial charge in [-0.25, -0.2) is 4.98 Å². The molecule has 0 spiro atoms. The van der Waals surface area contributed by atoms with E-state index in [1.165, 1.54) is 25.7 Å². The van der Waals surface area contributed by atoms with Gasteiger partial charge in [-0.15, -0.1) is 0 Å². The Morgan fingerprint density at radius 3 is 2.71 bits per heavy atom. The van der Waals surface area contributed by atoms with Gasteiger partial charge in [-0.1, -0.05) is 30.5 Å². The van der Waals surface area contributed by atoms with Crippen LogP contribution in [0.3, 0.4) is 0 Å². The number of carbonyl (C=O) groups excluding carboxylic acids is 1. The maximum atomic E-state index is 13.3. The number of hydrogen-bond donors (Lipinski definition) is 1. The molecule has 164 valence electrons. The summed E-state index contributed by atoms with van der Waals surface area (Å²) < 4.78 is 0. The fourth-order valence-electron chi connectivity index (χ4n) is 5.62. The van der Waals surface area contributed by atoms with E-state index in [2.05, 4.69) is 9.88 Å². The van der Waals surface area contributed by atoms with Gasteiger partial charge in [0.15, 0.2) is 0 Å². The van der Waals surface area contributed by atoms with E-state index in [0.717, 1.165) is 55.6 Å². The van der Waals surface area contributed by atoms with Gasteiger partial charge in [0.05, 0.1) is 11.7 Å². The number of aromatic amines is 1. The largest absolute Gasteiger partial charge is 0.328 e. The van der Waals surface area contributed by atoms with Crippen molar-refractivity contribution in [1.29, 1.82) is 0 Å². The minimum atomic E-state index is -0.165. The minimum Gasteiger partial charge on any atom is -0.328 e. The highest BCUT2D eigenvalue weighted by molar-refractivity contribution is 5.94. The van der Waals surface area contributed by atoms with Crippen molar-refractivity contribution in [3.05, 3.63) is 62.8 Å². The average Bonchev–Trinajstić information content (AvgIpc) is 3.33. The van der Waals surface area contributed by atoms with Gasteiger partial charge in [-0.05, 0) is 57.6 Å². The smallest absolute Gasteiger partial charge is 0.254 e. The van der Waals surface area contributed by atoms with Crippen molar-refractivity contribution in [2.24, 2.45) is 0 Å². The number of aromatic nitrogens is 2. The van der Waals surface area contributed by atoms with Crippen molar-refractivity contribution in [3.8, 4) is 0 Å². The average molecular weight is 421 g/mol. The fourth-order valence-corrected chi connectivity index (χ4v) is 5.62. The number of hydrogen-bond acceptors (Lipinski definition) is 4. The quantitative estimate of drug-likeness (QED) is 0.821. The summed E-state index contributed by atoms with van der Waals surface area (Å²) in [6, 6.07) is 8.22. The molecular formula is C25H32N4O2. The number of carbonyl (C=O) groups is 1. The van der Waals surface area contributed by atoms with Crippen molar-refractivity contribution in [2.45, 2.75) is 76.9 Å². The van der Waals surface area contributed by atoms with E-state index in [-0.39, 0.29) is 17.5 Å². The van der Waals surface area contributed by atoms with Crippen molar-refractivity contribution >= 4 is 5.91 Å². The third-order valence-electron chi connectivity index (χ3n) is 7.31. The minimum absolute atomic E-state index is 0.0143. The zero-order valence-electron chi connectivity index (χ0n) is 18.4. The van der Waals surface area contributed by atoms with Crippen LogP contribution in [0.1, 0.15) is 84.0 Å². The van der Waals surface area contributed by atoms with E-state index < -0.39 is 0 Å². The first kappa shape index (κ1) is 20.4. The summed E-state index contributed by atoms with van der Waals surface area (Å²) in [7, 11) is 0. The Balaban J connectivity index is 1.44. The lowest BCUT2D eigenvalue weighted by Gasteiger charge is -2.36. The van der Waals surface area contributed by atoms with Crippen LogP contribution in [-0.2, 0) is 13.0 Å². The number of rotatable bonds is 3. The van der Waals surface area contributed by atoms with Crippen LogP contribution in [0.15, 0.2) is 29.1 Å². The number of amides is 1. The molecule has 2 fully saturated rings. The lowest BCUT2D eigenvalue weighted by molar-refractivity contribution is 0.0598. The van der Waals surface area contributed by atoms with E-state index in [1.54, 1.807) is 0 Å². The summed E-state index contributed by atoms with van der Waals surface area (Å²) in [6.07, 6.45) is 8.76. The van der Waals surface area contributed by atoms with Gasteiger partial charge in [0.1, 0.15) is 5.82 Å². The maximum absolute atomic E-state index is 13.3. The first-order chi connectivity index (χ1) is 15.1. The van der Waals surface area contributed by atoms with E-state index in [0.29, 0.717) is 24.0 Å². The molecule has 6 heteroatoms. The van der Waals surface area contributed by atoms with Crippen molar-refractivity contribution < 1.29 is 4.79 Å². The molecule has 1 aromatic carbocycles. The Labute approximate surface area is 183 Å². The highest BCUT2D eigenvalue weighted by atomic mass is 16.2. The molecule has 2 aromatic rings. The van der Waals surface area contributed by atoms with Gasteiger partial charge < -0.3 is 9.88 Å². The number of likely N-dealkylation sites (tertiary alicyclic amines) is 1. The third-order valence-corrected chi connectivity index (χ3v) is 7.31. The van der Waals surface area contributed by atoms with E-state index in [4.69, 9.17) is 4.98 Å². The second kappa shape index (κ2) is 8.58. The zero-order chi connectivity index (χ0) is 21.4. The van der Waals surface area contributed by atoms with Crippen LogP contribution in [0, 0.1) is 6.92 Å². The standard InChI is InChI=1S/C25H32N4O2/c1-17-7-6-8-18(15-17)25(31)29-13-5-4-11-22(29)23-26-21-16-28(19-9-2-3-10-19)14-12-20(21)24(30)27-23/h6-8,15,19,22H,2-5,9-14,16H2,1H3,(H,26,27,30)/t22-/m1/s1. The van der Waals surface area contributed by atoms with Gasteiger partial charge in [0.25, 0.3) is 11.5 Å².